The lowest BCUT2D eigenvalue weighted by atomic mass is 9.33. The SMILES string of the molecule is CNCc1cc(O)cc([C@H]2C(=O)[C@@]3(C)CC=C[C@H]2[C@@]2(C)[C@@H]4CCC5=C([C@H](C)C[C@@H](O)[C@@H]6OC6(C)C)C(=O)C[C@]5(C)[C@@]4(C)CC[C@@H]23)c1. The van der Waals surface area contributed by atoms with Crippen LogP contribution >= 0.6 is 0 Å². The lowest BCUT2D eigenvalue weighted by molar-refractivity contribution is -0.196. The van der Waals surface area contributed by atoms with Gasteiger partial charge in [-0.15, -0.1) is 0 Å². The van der Waals surface area contributed by atoms with Gasteiger partial charge in [-0.2, -0.15) is 0 Å². The summed E-state index contributed by atoms with van der Waals surface area (Å²) in [5, 5.41) is 25.0. The Bertz CT molecular complexity index is 1540. The van der Waals surface area contributed by atoms with Gasteiger partial charge in [0, 0.05) is 23.8 Å². The molecule has 11 atom stereocenters. The smallest absolute Gasteiger partial charge is 0.159 e. The van der Waals surface area contributed by atoms with E-state index < -0.39 is 11.5 Å². The van der Waals surface area contributed by atoms with Crippen LogP contribution in [0, 0.1) is 45.3 Å². The molecule has 0 aromatic heterocycles. The normalized spacial score (nSPS) is 43.5. The molecule has 0 amide bonds. The van der Waals surface area contributed by atoms with Gasteiger partial charge in [0.1, 0.15) is 17.6 Å². The molecular weight excluding hydrogens is 574 g/mol. The standard InChI is InChI=1S/C40H55NO5/c1-22(16-28(43)35-36(2,3)46-35)32-26-11-12-31-38(5,39(26,6)20-29(32)44)15-13-30-37(4)14-9-10-27(40(30,31)7)33(34(37)45)24-17-23(21-41-8)18-25(42)19-24/h9-10,17-19,22,27-28,30-31,33,35,41-43H,11-16,20-21H2,1-8H3/t22-,27-,28-,30-,31-,33-,35+,37+,38+,39+,40-/m1/s1. The van der Waals surface area contributed by atoms with Crippen LogP contribution in [0.4, 0.5) is 0 Å². The van der Waals surface area contributed by atoms with Crippen LogP contribution in [0.5, 0.6) is 5.75 Å². The van der Waals surface area contributed by atoms with Gasteiger partial charge in [-0.1, -0.05) is 58.4 Å². The fraction of sp³-hybridized carbons (Fsp3) is 0.700. The van der Waals surface area contributed by atoms with Crippen molar-refractivity contribution in [3.05, 3.63) is 52.6 Å². The number of phenols is 1. The zero-order valence-corrected chi connectivity index (χ0v) is 29.2. The van der Waals surface area contributed by atoms with Crippen molar-refractivity contribution >= 4 is 11.6 Å². The average molecular weight is 630 g/mol. The molecule has 1 aromatic rings. The summed E-state index contributed by atoms with van der Waals surface area (Å²) in [5.41, 5.74) is 2.99. The highest BCUT2D eigenvalue weighted by Crippen LogP contribution is 2.77. The number of carbonyl (C=O) groups excluding carboxylic acids is 2. The Balaban J connectivity index is 1.28. The Hall–Kier alpha value is -2.28. The first-order chi connectivity index (χ1) is 21.5. The molecule has 1 aromatic carbocycles. The first-order valence-electron chi connectivity index (χ1n) is 17.8. The number of ether oxygens (including phenoxy) is 1. The van der Waals surface area contributed by atoms with Crippen molar-refractivity contribution in [2.45, 2.75) is 124 Å². The highest BCUT2D eigenvalue weighted by molar-refractivity contribution is 6.00. The van der Waals surface area contributed by atoms with Gasteiger partial charge in [0.15, 0.2) is 5.78 Å². The van der Waals surface area contributed by atoms with Crippen LogP contribution in [0.2, 0.25) is 0 Å². The van der Waals surface area contributed by atoms with Crippen molar-refractivity contribution in [2.24, 2.45) is 45.3 Å². The molecule has 1 heterocycles. The van der Waals surface area contributed by atoms with Crippen molar-refractivity contribution in [2.75, 3.05) is 7.05 Å². The Morgan fingerprint density at radius 2 is 1.76 bits per heavy atom. The number of aliphatic hydroxyl groups excluding tert-OH is 1. The topological polar surface area (TPSA) is 99.2 Å². The monoisotopic (exact) mass is 629 g/mol. The molecule has 0 unspecified atom stereocenters. The van der Waals surface area contributed by atoms with Gasteiger partial charge in [0.25, 0.3) is 0 Å². The molecular formula is C40H55NO5. The summed E-state index contributed by atoms with van der Waals surface area (Å²) >= 11 is 0. The van der Waals surface area contributed by atoms with E-state index in [1.807, 2.05) is 27.0 Å². The second kappa shape index (κ2) is 10.4. The number of hydrogen-bond donors (Lipinski definition) is 3. The van der Waals surface area contributed by atoms with E-state index >= 15 is 0 Å². The summed E-state index contributed by atoms with van der Waals surface area (Å²) < 4.78 is 5.75. The summed E-state index contributed by atoms with van der Waals surface area (Å²) in [6.45, 7) is 16.3. The number of ketones is 2. The minimum Gasteiger partial charge on any atom is -0.508 e. The predicted molar refractivity (Wildman–Crippen MR) is 179 cm³/mol. The third kappa shape index (κ3) is 4.24. The Morgan fingerprint density at radius 3 is 2.43 bits per heavy atom. The molecule has 7 aliphatic rings. The van der Waals surface area contributed by atoms with E-state index in [1.54, 1.807) is 6.07 Å². The number of allylic oxidation sites excluding steroid dienone is 4. The third-order valence-electron chi connectivity index (χ3n) is 14.8. The second-order valence-electron chi connectivity index (χ2n) is 17.5. The maximum absolute atomic E-state index is 14.7. The van der Waals surface area contributed by atoms with Crippen molar-refractivity contribution in [3.8, 4) is 5.75 Å². The van der Waals surface area contributed by atoms with E-state index in [2.05, 4.69) is 58.2 Å². The van der Waals surface area contributed by atoms with E-state index in [-0.39, 0.29) is 63.2 Å². The number of epoxide rings is 1. The minimum atomic E-state index is -0.575. The zero-order chi connectivity index (χ0) is 33.2. The highest BCUT2D eigenvalue weighted by atomic mass is 16.6. The first-order valence-corrected chi connectivity index (χ1v) is 17.8. The summed E-state index contributed by atoms with van der Waals surface area (Å²) in [7, 11) is 1.90. The molecule has 0 radical (unpaired) electrons. The van der Waals surface area contributed by atoms with Crippen molar-refractivity contribution in [1.82, 2.24) is 5.32 Å². The fourth-order valence-corrected chi connectivity index (χ4v) is 12.5. The molecule has 3 N–H and O–H groups in total. The van der Waals surface area contributed by atoms with E-state index in [4.69, 9.17) is 4.74 Å². The summed E-state index contributed by atoms with van der Waals surface area (Å²) in [5.74, 6) is 1.12. The molecule has 6 nitrogen and oxygen atoms in total. The number of phenolic OH excluding ortho intramolecular Hbond substituents is 1. The summed E-state index contributed by atoms with van der Waals surface area (Å²) in [4.78, 5) is 28.8. The molecule has 1 saturated heterocycles. The molecule has 3 saturated carbocycles. The van der Waals surface area contributed by atoms with Gasteiger partial charge in [-0.05, 0) is 123 Å². The number of rotatable bonds is 7. The Kier molecular flexibility index (Phi) is 7.27. The molecule has 8 rings (SSSR count). The number of carbonyl (C=O) groups is 2. The number of benzene rings is 1. The number of nitrogens with one attached hydrogen (secondary N) is 1. The number of fused-ring (bicyclic) bond motifs is 5. The van der Waals surface area contributed by atoms with Gasteiger partial charge in [-0.25, -0.2) is 0 Å². The maximum atomic E-state index is 14.7. The van der Waals surface area contributed by atoms with E-state index in [9.17, 15) is 19.8 Å². The lowest BCUT2D eigenvalue weighted by Gasteiger charge is -2.70. The third-order valence-corrected chi connectivity index (χ3v) is 14.8. The van der Waals surface area contributed by atoms with Crippen molar-refractivity contribution < 1.29 is 24.5 Å². The molecule has 250 valence electrons. The average Bonchev–Trinajstić information content (AvgIpc) is 3.58. The molecule has 6 aliphatic carbocycles. The molecule has 1 aliphatic heterocycles. The summed E-state index contributed by atoms with van der Waals surface area (Å²) in [6.07, 6.45) is 9.66. The Labute approximate surface area is 275 Å². The number of aromatic hydroxyl groups is 1. The van der Waals surface area contributed by atoms with Gasteiger partial charge in [-0.3, -0.25) is 9.59 Å². The molecule has 46 heavy (non-hydrogen) atoms. The predicted octanol–water partition coefficient (Wildman–Crippen LogP) is 7.03. The number of Topliss-reactive ketones (excluding diaryl/α,β-unsaturated/α-hetero) is 2. The molecule has 6 heteroatoms. The van der Waals surface area contributed by atoms with Crippen LogP contribution < -0.4 is 5.32 Å². The van der Waals surface area contributed by atoms with Crippen LogP contribution in [0.3, 0.4) is 0 Å². The van der Waals surface area contributed by atoms with Gasteiger partial charge in [0.05, 0.1) is 17.6 Å². The van der Waals surface area contributed by atoms with E-state index in [1.165, 1.54) is 5.57 Å². The first kappa shape index (κ1) is 32.3. The van der Waals surface area contributed by atoms with E-state index in [0.717, 1.165) is 48.8 Å². The molecule has 4 fully saturated rings. The maximum Gasteiger partial charge on any atom is 0.159 e. The van der Waals surface area contributed by atoms with Crippen LogP contribution in [0.15, 0.2) is 41.5 Å². The zero-order valence-electron chi connectivity index (χ0n) is 29.2. The Morgan fingerprint density at radius 1 is 1.04 bits per heavy atom. The summed E-state index contributed by atoms with van der Waals surface area (Å²) in [6, 6.07) is 5.75. The molecule has 2 bridgehead atoms. The van der Waals surface area contributed by atoms with Gasteiger partial charge >= 0.3 is 0 Å². The second-order valence-corrected chi connectivity index (χ2v) is 17.5. The number of aliphatic hydroxyl groups is 1. The van der Waals surface area contributed by atoms with Crippen LogP contribution in [-0.2, 0) is 20.9 Å². The quantitative estimate of drug-likeness (QED) is 0.221. The largest absolute Gasteiger partial charge is 0.508 e. The van der Waals surface area contributed by atoms with Crippen molar-refractivity contribution in [3.63, 3.8) is 0 Å². The fourth-order valence-electron chi connectivity index (χ4n) is 12.5. The van der Waals surface area contributed by atoms with Crippen LogP contribution in [0.25, 0.3) is 0 Å². The van der Waals surface area contributed by atoms with Crippen molar-refractivity contribution in [1.29, 1.82) is 0 Å². The molecule has 0 spiro atoms. The van der Waals surface area contributed by atoms with Crippen LogP contribution in [-0.4, -0.2) is 46.6 Å². The number of hydrogen-bond acceptors (Lipinski definition) is 6. The van der Waals surface area contributed by atoms with E-state index in [0.29, 0.717) is 31.1 Å². The highest BCUT2D eigenvalue weighted by Gasteiger charge is 2.72. The minimum absolute atomic E-state index is 0.0123. The lowest BCUT2D eigenvalue weighted by Crippen LogP contribution is -2.66. The van der Waals surface area contributed by atoms with Gasteiger partial charge < -0.3 is 20.3 Å². The van der Waals surface area contributed by atoms with Crippen LogP contribution in [0.1, 0.15) is 110 Å². The van der Waals surface area contributed by atoms with Gasteiger partial charge in [0.2, 0.25) is 0 Å².